The first kappa shape index (κ1) is 14.4. The predicted molar refractivity (Wildman–Crippen MR) is 57.6 cm³/mol. The summed E-state index contributed by atoms with van der Waals surface area (Å²) in [5, 5.41) is 0.0491. The maximum Gasteiger partial charge on any atom is 0.454 e. The Kier molecular flexibility index (Phi) is 4.14. The van der Waals surface area contributed by atoms with Crippen molar-refractivity contribution in [3.05, 3.63) is 23.2 Å². The van der Waals surface area contributed by atoms with Gasteiger partial charge in [-0.05, 0) is 18.2 Å². The lowest BCUT2D eigenvalue weighted by atomic mass is 10.3. The molecule has 0 heterocycles. The third-order valence-corrected chi connectivity index (χ3v) is 3.38. The molecule has 0 aliphatic heterocycles. The molecule has 17 heavy (non-hydrogen) atoms. The number of nitrogens with two attached hydrogens (primary N) is 1. The molecule has 0 saturated heterocycles. The number of hydrogen-bond acceptors (Lipinski definition) is 2. The number of benzene rings is 1. The Hall–Kier alpha value is -0.690. The first-order chi connectivity index (χ1) is 7.63. The van der Waals surface area contributed by atoms with Gasteiger partial charge >= 0.3 is 12.1 Å². The second-order valence-corrected chi connectivity index (χ2v) is 4.61. The van der Waals surface area contributed by atoms with Crippen molar-refractivity contribution < 1.29 is 22.0 Å². The molecule has 8 heteroatoms. The van der Waals surface area contributed by atoms with Crippen LogP contribution in [-0.2, 0) is 0 Å². The largest absolute Gasteiger partial charge is 0.454 e. The van der Waals surface area contributed by atoms with Gasteiger partial charge in [-0.1, -0.05) is 11.6 Å². The molecule has 0 aliphatic carbocycles. The van der Waals surface area contributed by atoms with E-state index in [-0.39, 0.29) is 9.92 Å². The molecule has 1 aromatic carbocycles. The molecule has 1 nitrogen and oxygen atoms in total. The summed E-state index contributed by atoms with van der Waals surface area (Å²) in [7, 11) is 0. The minimum Gasteiger partial charge on any atom is -0.399 e. The molecule has 0 amide bonds. The Balaban J connectivity index is 2.74. The topological polar surface area (TPSA) is 26.0 Å². The van der Waals surface area contributed by atoms with E-state index in [0.29, 0.717) is 17.4 Å². The third-order valence-electron chi connectivity index (χ3n) is 1.78. The molecule has 0 atom stereocenters. The molecule has 2 N–H and O–H groups in total. The zero-order chi connectivity index (χ0) is 13.3. The van der Waals surface area contributed by atoms with Crippen LogP contribution in [0.2, 0.25) is 5.02 Å². The van der Waals surface area contributed by atoms with E-state index in [1.54, 1.807) is 0 Å². The van der Waals surface area contributed by atoms with Crippen LogP contribution in [0.5, 0.6) is 0 Å². The maximum absolute atomic E-state index is 12.6. The Morgan fingerprint density at radius 3 is 2.24 bits per heavy atom. The van der Waals surface area contributed by atoms with Crippen LogP contribution in [0.3, 0.4) is 0 Å². The van der Waals surface area contributed by atoms with Crippen molar-refractivity contribution in [1.29, 1.82) is 0 Å². The van der Waals surface area contributed by atoms with Gasteiger partial charge in [0, 0.05) is 10.6 Å². The van der Waals surface area contributed by atoms with Gasteiger partial charge in [-0.25, -0.2) is 0 Å². The third kappa shape index (κ3) is 3.64. The Morgan fingerprint density at radius 1 is 1.18 bits per heavy atom. The fourth-order valence-corrected chi connectivity index (χ4v) is 2.10. The first-order valence-electron chi connectivity index (χ1n) is 4.26. The van der Waals surface area contributed by atoms with Gasteiger partial charge in [0.1, 0.15) is 0 Å². The van der Waals surface area contributed by atoms with E-state index in [1.807, 2.05) is 0 Å². The zero-order valence-corrected chi connectivity index (χ0v) is 9.76. The van der Waals surface area contributed by atoms with Crippen molar-refractivity contribution in [2.24, 2.45) is 0 Å². The lowest BCUT2D eigenvalue weighted by Crippen LogP contribution is -2.38. The van der Waals surface area contributed by atoms with E-state index in [2.05, 4.69) is 0 Å². The summed E-state index contributed by atoms with van der Waals surface area (Å²) in [5.41, 5.74) is 5.66. The molecule has 0 spiro atoms. The van der Waals surface area contributed by atoms with E-state index < -0.39 is 17.9 Å². The van der Waals surface area contributed by atoms with Crippen molar-refractivity contribution in [3.63, 3.8) is 0 Å². The number of hydrogen-bond donors (Lipinski definition) is 1. The molecule has 0 aliphatic rings. The molecule has 1 rings (SSSR count). The molecule has 0 radical (unpaired) electrons. The Labute approximate surface area is 103 Å². The van der Waals surface area contributed by atoms with Gasteiger partial charge in [-0.3, -0.25) is 0 Å². The summed E-state index contributed by atoms with van der Waals surface area (Å²) in [6.45, 7) is 0. The monoisotopic (exact) mass is 291 g/mol. The van der Waals surface area contributed by atoms with Gasteiger partial charge in [-0.15, -0.1) is 11.8 Å². The number of nitrogen functional groups attached to an aromatic ring is 1. The maximum atomic E-state index is 12.6. The standard InChI is InChI=1S/C9H7ClF5NS/c10-6-3-5(16)1-2-7(6)17-4-8(11,12)9(13,14)15/h1-3H,4,16H2. The number of halogens is 6. The fourth-order valence-electron chi connectivity index (χ4n) is 0.884. The Bertz CT molecular complexity index is 407. The number of alkyl halides is 5. The zero-order valence-electron chi connectivity index (χ0n) is 8.19. The van der Waals surface area contributed by atoms with E-state index in [4.69, 9.17) is 17.3 Å². The van der Waals surface area contributed by atoms with E-state index >= 15 is 0 Å². The van der Waals surface area contributed by atoms with Crippen molar-refractivity contribution >= 4 is 29.1 Å². The minimum absolute atomic E-state index is 0.0491. The molecule has 0 fully saturated rings. The summed E-state index contributed by atoms with van der Waals surface area (Å²) in [4.78, 5) is 0.129. The van der Waals surface area contributed by atoms with Crippen LogP contribution in [0.1, 0.15) is 0 Å². The van der Waals surface area contributed by atoms with Crippen LogP contribution in [0.25, 0.3) is 0 Å². The van der Waals surface area contributed by atoms with Crippen LogP contribution >= 0.6 is 23.4 Å². The highest BCUT2D eigenvalue weighted by Crippen LogP contribution is 2.40. The summed E-state index contributed by atoms with van der Waals surface area (Å²) in [6.07, 6.45) is -5.56. The van der Waals surface area contributed by atoms with Crippen LogP contribution < -0.4 is 5.73 Å². The van der Waals surface area contributed by atoms with E-state index in [0.717, 1.165) is 0 Å². The highest BCUT2D eigenvalue weighted by atomic mass is 35.5. The summed E-state index contributed by atoms with van der Waals surface area (Å²) >= 11 is 5.98. The van der Waals surface area contributed by atoms with Crippen molar-refractivity contribution in [2.75, 3.05) is 11.5 Å². The molecule has 0 saturated carbocycles. The Morgan fingerprint density at radius 2 is 1.76 bits per heavy atom. The summed E-state index contributed by atoms with van der Waals surface area (Å²) in [5.74, 6) is -6.16. The second kappa shape index (κ2) is 4.89. The molecule has 0 aromatic heterocycles. The number of anilines is 1. The fraction of sp³-hybridized carbons (Fsp3) is 0.333. The van der Waals surface area contributed by atoms with Crippen LogP contribution in [0.15, 0.2) is 23.1 Å². The first-order valence-corrected chi connectivity index (χ1v) is 5.62. The van der Waals surface area contributed by atoms with Gasteiger partial charge in [0.25, 0.3) is 0 Å². The van der Waals surface area contributed by atoms with Gasteiger partial charge < -0.3 is 5.73 Å². The van der Waals surface area contributed by atoms with Gasteiger partial charge in [0.2, 0.25) is 0 Å². The normalized spacial score (nSPS) is 12.8. The molecule has 96 valence electrons. The average molecular weight is 292 g/mol. The SMILES string of the molecule is Nc1ccc(SCC(F)(F)C(F)(F)F)c(Cl)c1. The van der Waals surface area contributed by atoms with Gasteiger partial charge in [0.05, 0.1) is 10.8 Å². The lowest BCUT2D eigenvalue weighted by Gasteiger charge is -2.19. The average Bonchev–Trinajstić information content (AvgIpc) is 2.14. The second-order valence-electron chi connectivity index (χ2n) is 3.18. The van der Waals surface area contributed by atoms with Crippen LogP contribution in [0, 0.1) is 0 Å². The molecule has 0 bridgehead atoms. The highest BCUT2D eigenvalue weighted by Gasteiger charge is 2.57. The van der Waals surface area contributed by atoms with Crippen LogP contribution in [0.4, 0.5) is 27.6 Å². The smallest absolute Gasteiger partial charge is 0.399 e. The minimum atomic E-state index is -5.56. The molecule has 0 unspecified atom stereocenters. The lowest BCUT2D eigenvalue weighted by molar-refractivity contribution is -0.271. The van der Waals surface area contributed by atoms with Crippen molar-refractivity contribution in [2.45, 2.75) is 17.0 Å². The molecular weight excluding hydrogens is 285 g/mol. The molecule has 1 aromatic rings. The summed E-state index contributed by atoms with van der Waals surface area (Å²) in [6, 6.07) is 3.96. The van der Waals surface area contributed by atoms with E-state index in [1.165, 1.54) is 18.2 Å². The summed E-state index contributed by atoms with van der Waals surface area (Å²) < 4.78 is 60.9. The van der Waals surface area contributed by atoms with Gasteiger partial charge in [-0.2, -0.15) is 22.0 Å². The quantitative estimate of drug-likeness (QED) is 0.513. The predicted octanol–water partition coefficient (Wildman–Crippen LogP) is 4.21. The van der Waals surface area contributed by atoms with Gasteiger partial charge in [0.15, 0.2) is 0 Å². The van der Waals surface area contributed by atoms with E-state index in [9.17, 15) is 22.0 Å². The number of rotatable bonds is 3. The van der Waals surface area contributed by atoms with Crippen molar-refractivity contribution in [3.8, 4) is 0 Å². The molecular formula is C9H7ClF5NS. The number of thioether (sulfide) groups is 1. The van der Waals surface area contributed by atoms with Crippen LogP contribution in [-0.4, -0.2) is 17.9 Å². The highest BCUT2D eigenvalue weighted by molar-refractivity contribution is 7.99. The van der Waals surface area contributed by atoms with Crippen molar-refractivity contribution in [1.82, 2.24) is 0 Å².